The van der Waals surface area contributed by atoms with E-state index in [1.54, 1.807) is 36.3 Å². The molecule has 106 valence electrons. The number of hydrogen-bond donors (Lipinski definition) is 1. The lowest BCUT2D eigenvalue weighted by Crippen LogP contribution is -1.96. The maximum Gasteiger partial charge on any atom is 0.206 e. The second-order valence-electron chi connectivity index (χ2n) is 4.15. The van der Waals surface area contributed by atoms with Crippen LogP contribution in [0.25, 0.3) is 0 Å². The van der Waals surface area contributed by atoms with Gasteiger partial charge in [0, 0.05) is 17.9 Å². The molecule has 0 fully saturated rings. The van der Waals surface area contributed by atoms with E-state index in [9.17, 15) is 0 Å². The minimum Gasteiger partial charge on any atom is -0.496 e. The van der Waals surface area contributed by atoms with Crippen LogP contribution in [0.2, 0.25) is 0 Å². The normalized spacial score (nSPS) is 10.3. The molecule has 0 atom stereocenters. The molecule has 0 spiro atoms. The van der Waals surface area contributed by atoms with E-state index in [0.717, 1.165) is 21.0 Å². The van der Waals surface area contributed by atoms with Crippen molar-refractivity contribution in [1.82, 2.24) is 10.2 Å². The lowest BCUT2D eigenvalue weighted by molar-refractivity contribution is 0.411. The van der Waals surface area contributed by atoms with Crippen molar-refractivity contribution in [3.8, 4) is 5.75 Å². The highest BCUT2D eigenvalue weighted by Crippen LogP contribution is 2.31. The van der Waals surface area contributed by atoms with Gasteiger partial charge in [0.1, 0.15) is 5.75 Å². The lowest BCUT2D eigenvalue weighted by atomic mass is 10.1. The molecule has 4 nitrogen and oxygen atoms in total. The van der Waals surface area contributed by atoms with Crippen LogP contribution in [-0.4, -0.2) is 23.9 Å². The summed E-state index contributed by atoms with van der Waals surface area (Å²) in [7, 11) is 1.70. The topological polar surface area (TPSA) is 47.0 Å². The van der Waals surface area contributed by atoms with E-state index in [0.29, 0.717) is 6.54 Å². The van der Waals surface area contributed by atoms with Gasteiger partial charge in [0.2, 0.25) is 5.13 Å². The molecule has 0 aliphatic carbocycles. The number of hydrogen-bond acceptors (Lipinski definition) is 6. The molecule has 1 heterocycles. The summed E-state index contributed by atoms with van der Waals surface area (Å²) in [5.41, 5.74) is 2.40. The summed E-state index contributed by atoms with van der Waals surface area (Å²) in [6.07, 6.45) is 1.80. The van der Waals surface area contributed by atoms with Gasteiger partial charge in [-0.25, -0.2) is 0 Å². The number of anilines is 1. The summed E-state index contributed by atoms with van der Waals surface area (Å²) in [6.45, 7) is 6.44. The first-order valence-electron chi connectivity index (χ1n) is 6.17. The highest BCUT2D eigenvalue weighted by Gasteiger charge is 2.08. The van der Waals surface area contributed by atoms with Crippen LogP contribution in [0.1, 0.15) is 11.1 Å². The summed E-state index contributed by atoms with van der Waals surface area (Å²) in [4.78, 5) is 0. The van der Waals surface area contributed by atoms with Crippen LogP contribution >= 0.6 is 23.1 Å². The van der Waals surface area contributed by atoms with Gasteiger partial charge in [-0.1, -0.05) is 46.9 Å². The van der Waals surface area contributed by atoms with E-state index in [2.05, 4.69) is 41.1 Å². The van der Waals surface area contributed by atoms with Crippen LogP contribution in [0.4, 0.5) is 5.13 Å². The molecule has 2 rings (SSSR count). The maximum absolute atomic E-state index is 5.38. The maximum atomic E-state index is 5.38. The number of benzene rings is 1. The summed E-state index contributed by atoms with van der Waals surface area (Å²) in [5.74, 6) is 1.73. The fraction of sp³-hybridized carbons (Fsp3) is 0.286. The van der Waals surface area contributed by atoms with Crippen LogP contribution in [-0.2, 0) is 5.75 Å². The van der Waals surface area contributed by atoms with Crippen molar-refractivity contribution in [3.05, 3.63) is 42.0 Å². The van der Waals surface area contributed by atoms with E-state index in [1.165, 1.54) is 11.1 Å². The van der Waals surface area contributed by atoms with E-state index < -0.39 is 0 Å². The molecule has 0 bridgehead atoms. The minimum absolute atomic E-state index is 0.699. The molecule has 0 radical (unpaired) electrons. The summed E-state index contributed by atoms with van der Waals surface area (Å²) < 4.78 is 6.32. The number of rotatable bonds is 7. The van der Waals surface area contributed by atoms with E-state index in [1.807, 2.05) is 6.07 Å². The zero-order valence-corrected chi connectivity index (χ0v) is 13.2. The Morgan fingerprint density at radius 3 is 3.05 bits per heavy atom. The SMILES string of the molecule is C=CCNc1nnc(SCc2cc(C)ccc2OC)s1. The monoisotopic (exact) mass is 307 g/mol. The molecule has 1 N–H and O–H groups in total. The Hall–Kier alpha value is -1.53. The number of nitrogens with one attached hydrogen (secondary N) is 1. The van der Waals surface area contributed by atoms with Crippen molar-refractivity contribution in [2.24, 2.45) is 0 Å². The Labute approximate surface area is 127 Å². The molecule has 20 heavy (non-hydrogen) atoms. The molecule has 6 heteroatoms. The standard InChI is InChI=1S/C14H17N3OS2/c1-4-7-15-13-16-17-14(20-13)19-9-11-8-10(2)5-6-12(11)18-3/h4-6,8H,1,7,9H2,2-3H3,(H,15,16). The molecule has 0 saturated heterocycles. The third kappa shape index (κ3) is 3.98. The smallest absolute Gasteiger partial charge is 0.206 e. The highest BCUT2D eigenvalue weighted by molar-refractivity contribution is 8.00. The molecular weight excluding hydrogens is 290 g/mol. The Bertz CT molecular complexity index is 584. The van der Waals surface area contributed by atoms with Crippen molar-refractivity contribution in [1.29, 1.82) is 0 Å². The first-order valence-corrected chi connectivity index (χ1v) is 7.97. The largest absolute Gasteiger partial charge is 0.496 e. The van der Waals surface area contributed by atoms with Gasteiger partial charge in [0.15, 0.2) is 4.34 Å². The average Bonchev–Trinajstić information content (AvgIpc) is 2.91. The Kier molecular flexibility index (Phi) is 5.43. The van der Waals surface area contributed by atoms with Gasteiger partial charge in [-0.15, -0.1) is 16.8 Å². The van der Waals surface area contributed by atoms with Crippen LogP contribution in [0.5, 0.6) is 5.75 Å². The molecule has 1 aromatic carbocycles. The van der Waals surface area contributed by atoms with Gasteiger partial charge in [-0.3, -0.25) is 0 Å². The van der Waals surface area contributed by atoms with Crippen molar-refractivity contribution >= 4 is 28.2 Å². The first-order chi connectivity index (χ1) is 9.72. The average molecular weight is 307 g/mol. The molecule has 2 aromatic rings. The molecule has 0 saturated carbocycles. The van der Waals surface area contributed by atoms with Gasteiger partial charge in [0.05, 0.1) is 7.11 Å². The van der Waals surface area contributed by atoms with E-state index in [4.69, 9.17) is 4.74 Å². The van der Waals surface area contributed by atoms with E-state index >= 15 is 0 Å². The number of nitrogens with zero attached hydrogens (tertiary/aromatic N) is 2. The number of methoxy groups -OCH3 is 1. The molecule has 0 aliphatic heterocycles. The first kappa shape index (κ1) is 14.9. The van der Waals surface area contributed by atoms with Crippen molar-refractivity contribution in [3.63, 3.8) is 0 Å². The predicted octanol–water partition coefficient (Wildman–Crippen LogP) is 3.75. The van der Waals surface area contributed by atoms with Crippen molar-refractivity contribution in [2.45, 2.75) is 17.0 Å². The van der Waals surface area contributed by atoms with Gasteiger partial charge in [-0.05, 0) is 13.0 Å². The minimum atomic E-state index is 0.699. The highest BCUT2D eigenvalue weighted by atomic mass is 32.2. The summed E-state index contributed by atoms with van der Waals surface area (Å²) in [6, 6.07) is 6.20. The third-order valence-electron chi connectivity index (χ3n) is 2.59. The molecular formula is C14H17N3OS2. The quantitative estimate of drug-likeness (QED) is 0.623. The van der Waals surface area contributed by atoms with Gasteiger partial charge in [-0.2, -0.15) is 0 Å². The zero-order valence-electron chi connectivity index (χ0n) is 11.5. The zero-order chi connectivity index (χ0) is 14.4. The van der Waals surface area contributed by atoms with Crippen molar-refractivity contribution < 1.29 is 4.74 Å². The van der Waals surface area contributed by atoms with Crippen LogP contribution < -0.4 is 10.1 Å². The fourth-order valence-electron chi connectivity index (χ4n) is 1.66. The number of ether oxygens (including phenoxy) is 1. The summed E-state index contributed by atoms with van der Waals surface area (Å²) >= 11 is 3.22. The van der Waals surface area contributed by atoms with Gasteiger partial charge < -0.3 is 10.1 Å². The second-order valence-corrected chi connectivity index (χ2v) is 6.35. The lowest BCUT2D eigenvalue weighted by Gasteiger charge is -2.08. The Morgan fingerprint density at radius 1 is 1.45 bits per heavy atom. The van der Waals surface area contributed by atoms with Crippen LogP contribution in [0.3, 0.4) is 0 Å². The number of aryl methyl sites for hydroxylation is 1. The third-order valence-corrected chi connectivity index (χ3v) is 4.65. The van der Waals surface area contributed by atoms with Crippen LogP contribution in [0, 0.1) is 6.92 Å². The molecule has 0 unspecified atom stereocenters. The van der Waals surface area contributed by atoms with Crippen LogP contribution in [0.15, 0.2) is 35.2 Å². The Morgan fingerprint density at radius 2 is 2.30 bits per heavy atom. The molecule has 0 aliphatic rings. The van der Waals surface area contributed by atoms with Crippen molar-refractivity contribution in [2.75, 3.05) is 19.0 Å². The second kappa shape index (κ2) is 7.31. The Balaban J connectivity index is 1.99. The van der Waals surface area contributed by atoms with E-state index in [-0.39, 0.29) is 0 Å². The fourth-order valence-corrected chi connectivity index (χ4v) is 3.40. The van der Waals surface area contributed by atoms with Gasteiger partial charge >= 0.3 is 0 Å². The molecule has 1 aromatic heterocycles. The number of thioether (sulfide) groups is 1. The molecule has 0 amide bonds. The summed E-state index contributed by atoms with van der Waals surface area (Å²) in [5, 5.41) is 12.2. The van der Waals surface area contributed by atoms with Gasteiger partial charge in [0.25, 0.3) is 0 Å². The number of aromatic nitrogens is 2. The predicted molar refractivity (Wildman–Crippen MR) is 85.9 cm³/mol.